The molecule has 2 fully saturated rings. The van der Waals surface area contributed by atoms with Crippen LogP contribution in [0.25, 0.3) is 0 Å². The van der Waals surface area contributed by atoms with Gasteiger partial charge in [0.15, 0.2) is 21.5 Å². The van der Waals surface area contributed by atoms with Gasteiger partial charge in [-0.1, -0.05) is 11.6 Å². The van der Waals surface area contributed by atoms with Gasteiger partial charge in [-0.25, -0.2) is 22.2 Å². The quantitative estimate of drug-likeness (QED) is 0.400. The molecular formula is C26H26ClF2N3O5S. The fourth-order valence-corrected chi connectivity index (χ4v) is 8.30. The molecular weight excluding hydrogens is 540 g/mol. The summed E-state index contributed by atoms with van der Waals surface area (Å²) in [5, 5.41) is 24.0. The molecule has 0 aliphatic heterocycles. The van der Waals surface area contributed by atoms with Crippen LogP contribution in [0.2, 0.25) is 5.02 Å². The third-order valence-electron chi connectivity index (χ3n) is 7.86. The van der Waals surface area contributed by atoms with Crippen LogP contribution in [0.15, 0.2) is 60.0 Å². The number of benzene rings is 2. The maximum Gasteiger partial charge on any atom is 0.255 e. The highest BCUT2D eigenvalue weighted by atomic mass is 35.5. The number of hydrogen-bond donors (Lipinski definition) is 3. The lowest BCUT2D eigenvalue weighted by Gasteiger charge is -2.45. The third-order valence-corrected chi connectivity index (χ3v) is 10.5. The number of aliphatic hydroxyl groups is 2. The Bertz CT molecular complexity index is 1450. The number of anilines is 1. The van der Waals surface area contributed by atoms with Gasteiger partial charge in [0, 0.05) is 29.7 Å². The molecule has 202 valence electrons. The summed E-state index contributed by atoms with van der Waals surface area (Å²) in [6, 6.07) is 6.69. The standard InChI is InChI=1S/C26H26ClF2N3O5S/c27-20-5-1-15(25(34)31-18-4-6-21(28)22(29)12-18)9-23(20)38(36,37)19-10-16-2-3-17(11-19)26(16,35)24(33)13-32-8-7-30-14-32/h1,4-9,12,14,16-17,19,24,33,35H,2-3,10-11,13H2,(H,31,34). The molecule has 12 heteroatoms. The van der Waals surface area contributed by atoms with E-state index in [0.29, 0.717) is 12.8 Å². The van der Waals surface area contributed by atoms with Gasteiger partial charge >= 0.3 is 0 Å². The van der Waals surface area contributed by atoms with E-state index in [0.717, 1.165) is 12.1 Å². The summed E-state index contributed by atoms with van der Waals surface area (Å²) in [6.45, 7) is 0.141. The number of sulfone groups is 1. The van der Waals surface area contributed by atoms with Crippen molar-refractivity contribution in [1.82, 2.24) is 9.55 Å². The minimum atomic E-state index is -4.02. The van der Waals surface area contributed by atoms with E-state index in [1.807, 2.05) is 0 Å². The molecule has 2 saturated carbocycles. The number of hydrogen-bond acceptors (Lipinski definition) is 6. The van der Waals surface area contributed by atoms with Gasteiger partial charge in [-0.3, -0.25) is 4.79 Å². The maximum atomic E-state index is 13.7. The first kappa shape index (κ1) is 26.7. The number of carbonyl (C=O) groups excluding carboxylic acids is 1. The van der Waals surface area contributed by atoms with Gasteiger partial charge in [-0.05, 0) is 67.9 Å². The molecule has 38 heavy (non-hydrogen) atoms. The van der Waals surface area contributed by atoms with E-state index < -0.39 is 56.2 Å². The van der Waals surface area contributed by atoms with Crippen molar-refractivity contribution in [2.45, 2.75) is 54.1 Å². The molecule has 3 unspecified atom stereocenters. The zero-order chi connectivity index (χ0) is 27.2. The Morgan fingerprint density at radius 1 is 1.16 bits per heavy atom. The third kappa shape index (κ3) is 4.72. The van der Waals surface area contributed by atoms with Crippen molar-refractivity contribution in [3.8, 4) is 0 Å². The zero-order valence-electron chi connectivity index (χ0n) is 20.1. The van der Waals surface area contributed by atoms with Crippen LogP contribution in [-0.4, -0.2) is 51.0 Å². The number of nitrogens with one attached hydrogen (secondary N) is 1. The molecule has 0 radical (unpaired) electrons. The average molecular weight is 566 g/mol. The van der Waals surface area contributed by atoms with Crippen molar-refractivity contribution < 1.29 is 32.2 Å². The largest absolute Gasteiger partial charge is 0.388 e. The van der Waals surface area contributed by atoms with E-state index in [4.69, 9.17) is 11.6 Å². The molecule has 3 atom stereocenters. The highest BCUT2D eigenvalue weighted by Gasteiger charge is 2.59. The monoisotopic (exact) mass is 565 g/mol. The molecule has 2 aliphatic carbocycles. The Balaban J connectivity index is 1.36. The molecule has 2 bridgehead atoms. The second-order valence-electron chi connectivity index (χ2n) is 10.0. The van der Waals surface area contributed by atoms with Crippen molar-refractivity contribution in [3.05, 3.63) is 77.3 Å². The second-order valence-corrected chi connectivity index (χ2v) is 12.6. The first-order valence-corrected chi connectivity index (χ1v) is 14.1. The van der Waals surface area contributed by atoms with Gasteiger partial charge in [0.25, 0.3) is 5.91 Å². The smallest absolute Gasteiger partial charge is 0.255 e. The fourth-order valence-electron chi connectivity index (χ4n) is 5.90. The molecule has 0 spiro atoms. The molecule has 1 amide bonds. The van der Waals surface area contributed by atoms with Crippen molar-refractivity contribution in [3.63, 3.8) is 0 Å². The Labute approximate surface area is 223 Å². The van der Waals surface area contributed by atoms with Crippen LogP contribution < -0.4 is 5.32 Å². The minimum Gasteiger partial charge on any atom is -0.388 e. The first-order valence-electron chi connectivity index (χ1n) is 12.2. The van der Waals surface area contributed by atoms with E-state index in [9.17, 15) is 32.2 Å². The Kier molecular flexibility index (Phi) is 7.06. The number of nitrogens with zero attached hydrogens (tertiary/aromatic N) is 2. The lowest BCUT2D eigenvalue weighted by atomic mass is 9.71. The predicted octanol–water partition coefficient (Wildman–Crippen LogP) is 3.82. The van der Waals surface area contributed by atoms with Gasteiger partial charge in [0.1, 0.15) is 6.10 Å². The summed E-state index contributed by atoms with van der Waals surface area (Å²) in [7, 11) is -4.02. The van der Waals surface area contributed by atoms with Gasteiger partial charge < -0.3 is 20.1 Å². The van der Waals surface area contributed by atoms with Crippen LogP contribution in [0.1, 0.15) is 36.0 Å². The topological polar surface area (TPSA) is 122 Å². The van der Waals surface area contributed by atoms with Crippen LogP contribution in [0.5, 0.6) is 0 Å². The second kappa shape index (κ2) is 10.0. The first-order chi connectivity index (χ1) is 18.0. The number of aromatic nitrogens is 2. The highest BCUT2D eigenvalue weighted by Crippen LogP contribution is 2.53. The average Bonchev–Trinajstić information content (AvgIpc) is 3.42. The van der Waals surface area contributed by atoms with E-state index in [2.05, 4.69) is 10.3 Å². The van der Waals surface area contributed by atoms with E-state index in [1.165, 1.54) is 24.3 Å². The predicted molar refractivity (Wildman–Crippen MR) is 135 cm³/mol. The van der Waals surface area contributed by atoms with E-state index in [-0.39, 0.29) is 40.6 Å². The lowest BCUT2D eigenvalue weighted by Crippen LogP contribution is -2.56. The number of halogens is 3. The number of amides is 1. The summed E-state index contributed by atoms with van der Waals surface area (Å²) >= 11 is 6.28. The number of aliphatic hydroxyl groups excluding tert-OH is 1. The van der Waals surface area contributed by atoms with Crippen molar-refractivity contribution in [1.29, 1.82) is 0 Å². The molecule has 2 aliphatic rings. The van der Waals surface area contributed by atoms with Gasteiger partial charge in [0.05, 0.1) is 33.6 Å². The molecule has 2 aromatic carbocycles. The van der Waals surface area contributed by atoms with Gasteiger partial charge in [-0.2, -0.15) is 0 Å². The summed E-state index contributed by atoms with van der Waals surface area (Å²) in [6.07, 6.45) is 5.15. The molecule has 3 N–H and O–H groups in total. The summed E-state index contributed by atoms with van der Waals surface area (Å²) in [5.74, 6) is -3.78. The van der Waals surface area contributed by atoms with Crippen molar-refractivity contribution in [2.75, 3.05) is 5.32 Å². The van der Waals surface area contributed by atoms with Crippen LogP contribution in [0.4, 0.5) is 14.5 Å². The Morgan fingerprint density at radius 2 is 1.87 bits per heavy atom. The molecule has 5 rings (SSSR count). The van der Waals surface area contributed by atoms with E-state index in [1.54, 1.807) is 23.3 Å². The summed E-state index contributed by atoms with van der Waals surface area (Å²) in [4.78, 5) is 16.5. The number of imidazole rings is 1. The maximum absolute atomic E-state index is 13.7. The Hall–Kier alpha value is -2.86. The molecule has 0 saturated heterocycles. The normalized spacial score (nSPS) is 25.8. The van der Waals surface area contributed by atoms with Crippen LogP contribution in [0, 0.1) is 23.5 Å². The number of fused-ring (bicyclic) bond motifs is 2. The molecule has 1 aromatic heterocycles. The SMILES string of the molecule is O=C(Nc1ccc(F)c(F)c1)c1ccc(Cl)c(S(=O)(=O)C2CC3CCC(C2)C3(O)C(O)Cn2ccnc2)c1. The summed E-state index contributed by atoms with van der Waals surface area (Å²) in [5.41, 5.74) is -1.44. The van der Waals surface area contributed by atoms with Gasteiger partial charge in [0.2, 0.25) is 0 Å². The van der Waals surface area contributed by atoms with Crippen molar-refractivity contribution >= 4 is 33.0 Å². The number of rotatable bonds is 7. The minimum absolute atomic E-state index is 0.00523. The lowest BCUT2D eigenvalue weighted by molar-refractivity contribution is -0.146. The molecule has 3 aromatic rings. The summed E-state index contributed by atoms with van der Waals surface area (Å²) < 4.78 is 55.8. The van der Waals surface area contributed by atoms with E-state index >= 15 is 0 Å². The van der Waals surface area contributed by atoms with Crippen LogP contribution in [-0.2, 0) is 16.4 Å². The van der Waals surface area contributed by atoms with Crippen molar-refractivity contribution in [2.24, 2.45) is 11.8 Å². The zero-order valence-corrected chi connectivity index (χ0v) is 21.7. The van der Waals surface area contributed by atoms with Crippen LogP contribution >= 0.6 is 11.6 Å². The Morgan fingerprint density at radius 3 is 2.50 bits per heavy atom. The molecule has 8 nitrogen and oxygen atoms in total. The van der Waals surface area contributed by atoms with Crippen LogP contribution in [0.3, 0.4) is 0 Å². The molecule has 1 heterocycles. The number of carbonyl (C=O) groups is 1. The van der Waals surface area contributed by atoms with Gasteiger partial charge in [-0.15, -0.1) is 0 Å². The fraction of sp³-hybridized carbons (Fsp3) is 0.385. The highest BCUT2D eigenvalue weighted by molar-refractivity contribution is 7.92.